The van der Waals surface area contributed by atoms with Crippen molar-refractivity contribution < 1.29 is 18.8 Å². The number of carbonyl (C=O) groups is 3. The number of nitrogens with zero attached hydrogens (tertiary/aromatic N) is 3. The largest absolute Gasteiger partial charge is 0.335 e. The quantitative estimate of drug-likeness (QED) is 0.848. The van der Waals surface area contributed by atoms with E-state index >= 15 is 0 Å². The summed E-state index contributed by atoms with van der Waals surface area (Å²) in [5, 5.41) is 3.70. The van der Waals surface area contributed by atoms with Crippen molar-refractivity contribution in [1.29, 1.82) is 0 Å². The minimum atomic E-state index is -0.575. The van der Waals surface area contributed by atoms with E-state index in [0.717, 1.165) is 6.07 Å². The van der Waals surface area contributed by atoms with Crippen molar-refractivity contribution in [3.8, 4) is 0 Å². The first-order valence-electron chi connectivity index (χ1n) is 7.84. The zero-order valence-corrected chi connectivity index (χ0v) is 14.1. The van der Waals surface area contributed by atoms with Crippen LogP contribution in [0.4, 0.5) is 4.39 Å². The van der Waals surface area contributed by atoms with Crippen LogP contribution in [0.3, 0.4) is 0 Å². The van der Waals surface area contributed by atoms with E-state index in [0.29, 0.717) is 43.9 Å². The maximum Gasteiger partial charge on any atom is 0.270 e. The third-order valence-electron chi connectivity index (χ3n) is 4.17. The van der Waals surface area contributed by atoms with Crippen LogP contribution in [-0.4, -0.2) is 59.4 Å². The Bertz CT molecular complexity index is 760. The minimum absolute atomic E-state index is 0.1000. The number of piperazine rings is 1. The van der Waals surface area contributed by atoms with E-state index in [1.54, 1.807) is 9.80 Å². The first kappa shape index (κ1) is 17.3. The highest BCUT2D eigenvalue weighted by atomic mass is 35.5. The first-order valence-corrected chi connectivity index (χ1v) is 8.22. The van der Waals surface area contributed by atoms with Gasteiger partial charge >= 0.3 is 0 Å². The summed E-state index contributed by atoms with van der Waals surface area (Å²) in [5.74, 6) is -1.26. The van der Waals surface area contributed by atoms with E-state index in [9.17, 15) is 18.8 Å². The van der Waals surface area contributed by atoms with Gasteiger partial charge in [-0.2, -0.15) is 5.10 Å². The van der Waals surface area contributed by atoms with Gasteiger partial charge in [-0.25, -0.2) is 9.82 Å². The maximum atomic E-state index is 13.2. The molecule has 0 aliphatic carbocycles. The van der Waals surface area contributed by atoms with Crippen LogP contribution in [0.15, 0.2) is 23.3 Å². The van der Waals surface area contributed by atoms with Crippen LogP contribution in [0.25, 0.3) is 0 Å². The Hall–Kier alpha value is -2.48. The van der Waals surface area contributed by atoms with E-state index in [-0.39, 0.29) is 29.2 Å². The van der Waals surface area contributed by atoms with Crippen LogP contribution in [0.1, 0.15) is 23.2 Å². The molecular weight excluding hydrogens is 351 g/mol. The second-order valence-electron chi connectivity index (χ2n) is 5.81. The van der Waals surface area contributed by atoms with Gasteiger partial charge in [0.2, 0.25) is 5.91 Å². The van der Waals surface area contributed by atoms with Gasteiger partial charge in [0, 0.05) is 44.6 Å². The lowest BCUT2D eigenvalue weighted by Crippen LogP contribution is -2.52. The number of benzene rings is 1. The fourth-order valence-corrected chi connectivity index (χ4v) is 2.92. The summed E-state index contributed by atoms with van der Waals surface area (Å²) in [6.45, 7) is 1.46. The molecule has 0 bridgehead atoms. The first-order chi connectivity index (χ1) is 12.0. The molecule has 0 aromatic heterocycles. The number of rotatable bonds is 2. The van der Waals surface area contributed by atoms with E-state index in [4.69, 9.17) is 11.6 Å². The van der Waals surface area contributed by atoms with Gasteiger partial charge in [0.05, 0.1) is 5.02 Å². The van der Waals surface area contributed by atoms with Crippen LogP contribution < -0.4 is 5.43 Å². The maximum absolute atomic E-state index is 13.2. The Morgan fingerprint density at radius 2 is 1.72 bits per heavy atom. The average Bonchev–Trinajstić information content (AvgIpc) is 2.63. The van der Waals surface area contributed by atoms with Gasteiger partial charge in [0.25, 0.3) is 11.8 Å². The van der Waals surface area contributed by atoms with Crippen LogP contribution in [0.2, 0.25) is 5.02 Å². The van der Waals surface area contributed by atoms with Gasteiger partial charge in [-0.05, 0) is 18.2 Å². The molecule has 0 saturated carbocycles. The number of hydrazone groups is 1. The molecule has 1 saturated heterocycles. The summed E-state index contributed by atoms with van der Waals surface area (Å²) in [5.41, 5.74) is 2.94. The summed E-state index contributed by atoms with van der Waals surface area (Å²) in [6, 6.07) is 3.85. The van der Waals surface area contributed by atoms with E-state index in [1.807, 2.05) is 0 Å². The van der Waals surface area contributed by atoms with E-state index in [1.165, 1.54) is 12.1 Å². The molecule has 132 valence electrons. The molecule has 2 aliphatic heterocycles. The van der Waals surface area contributed by atoms with Gasteiger partial charge in [0.15, 0.2) is 0 Å². The van der Waals surface area contributed by atoms with Gasteiger partial charge in [-0.15, -0.1) is 0 Å². The second-order valence-corrected chi connectivity index (χ2v) is 6.21. The zero-order valence-electron chi connectivity index (χ0n) is 13.3. The SMILES string of the molecule is O=C1CCC(C(=O)N2CCN(C(=O)c3ccc(F)c(Cl)c3)CC2)=NN1. The molecule has 0 radical (unpaired) electrons. The summed E-state index contributed by atoms with van der Waals surface area (Å²) < 4.78 is 13.2. The topological polar surface area (TPSA) is 82.1 Å². The molecule has 1 fully saturated rings. The fourth-order valence-electron chi connectivity index (χ4n) is 2.74. The molecule has 0 unspecified atom stereocenters. The van der Waals surface area contributed by atoms with Crippen molar-refractivity contribution in [2.75, 3.05) is 26.2 Å². The number of amides is 3. The zero-order chi connectivity index (χ0) is 18.0. The Morgan fingerprint density at radius 3 is 2.28 bits per heavy atom. The Morgan fingerprint density at radius 1 is 1.08 bits per heavy atom. The molecule has 25 heavy (non-hydrogen) atoms. The normalized spacial score (nSPS) is 17.8. The third kappa shape index (κ3) is 3.79. The predicted octanol–water partition coefficient (Wildman–Crippen LogP) is 1.03. The minimum Gasteiger partial charge on any atom is -0.335 e. The molecule has 3 rings (SSSR count). The number of nitrogens with one attached hydrogen (secondary N) is 1. The van der Waals surface area contributed by atoms with Crippen molar-refractivity contribution in [2.24, 2.45) is 5.10 Å². The van der Waals surface area contributed by atoms with Crippen molar-refractivity contribution in [2.45, 2.75) is 12.8 Å². The summed E-state index contributed by atoms with van der Waals surface area (Å²) in [7, 11) is 0. The Labute approximate surface area is 148 Å². The highest BCUT2D eigenvalue weighted by molar-refractivity contribution is 6.39. The predicted molar refractivity (Wildman–Crippen MR) is 88.7 cm³/mol. The summed E-state index contributed by atoms with van der Waals surface area (Å²) >= 11 is 5.72. The number of halogens is 2. The van der Waals surface area contributed by atoms with Crippen molar-refractivity contribution in [3.63, 3.8) is 0 Å². The Balaban J connectivity index is 1.59. The third-order valence-corrected chi connectivity index (χ3v) is 4.46. The molecule has 0 spiro atoms. The smallest absolute Gasteiger partial charge is 0.270 e. The van der Waals surface area contributed by atoms with E-state index < -0.39 is 5.82 Å². The average molecular weight is 367 g/mol. The van der Waals surface area contributed by atoms with Gasteiger partial charge in [-0.1, -0.05) is 11.6 Å². The molecule has 0 atom stereocenters. The Kier molecular flexibility index (Phi) is 4.98. The molecule has 2 heterocycles. The highest BCUT2D eigenvalue weighted by Crippen LogP contribution is 2.18. The van der Waals surface area contributed by atoms with Gasteiger partial charge in [0.1, 0.15) is 11.5 Å². The molecular formula is C16H16ClFN4O3. The number of carbonyl (C=O) groups excluding carboxylic acids is 3. The lowest BCUT2D eigenvalue weighted by Gasteiger charge is -2.35. The van der Waals surface area contributed by atoms with Crippen molar-refractivity contribution >= 4 is 35.0 Å². The fraction of sp³-hybridized carbons (Fsp3) is 0.375. The lowest BCUT2D eigenvalue weighted by atomic mass is 10.1. The standard InChI is InChI=1S/C16H16ClFN4O3/c17-11-9-10(1-2-12(11)18)15(24)21-5-7-22(8-6-21)16(25)13-3-4-14(23)20-19-13/h1-2,9H,3-8H2,(H,20,23). The molecule has 3 amide bonds. The van der Waals surface area contributed by atoms with Crippen LogP contribution in [0, 0.1) is 5.82 Å². The van der Waals surface area contributed by atoms with E-state index in [2.05, 4.69) is 10.5 Å². The van der Waals surface area contributed by atoms with Crippen molar-refractivity contribution in [1.82, 2.24) is 15.2 Å². The van der Waals surface area contributed by atoms with Crippen molar-refractivity contribution in [3.05, 3.63) is 34.6 Å². The van der Waals surface area contributed by atoms with Gasteiger partial charge in [-0.3, -0.25) is 14.4 Å². The molecule has 2 aliphatic rings. The van der Waals surface area contributed by atoms with Gasteiger partial charge < -0.3 is 9.80 Å². The lowest BCUT2D eigenvalue weighted by molar-refractivity contribution is -0.126. The molecule has 1 aromatic carbocycles. The van der Waals surface area contributed by atoms with Crippen LogP contribution >= 0.6 is 11.6 Å². The van der Waals surface area contributed by atoms with Crippen LogP contribution in [0.5, 0.6) is 0 Å². The van der Waals surface area contributed by atoms with Crippen LogP contribution in [-0.2, 0) is 9.59 Å². The summed E-state index contributed by atoms with van der Waals surface area (Å²) in [4.78, 5) is 39.1. The molecule has 1 aromatic rings. The number of hydrogen-bond donors (Lipinski definition) is 1. The highest BCUT2D eigenvalue weighted by Gasteiger charge is 2.28. The second kappa shape index (κ2) is 7.18. The molecule has 9 heteroatoms. The molecule has 7 nitrogen and oxygen atoms in total. The monoisotopic (exact) mass is 366 g/mol. The molecule has 1 N–H and O–H groups in total. The summed E-state index contributed by atoms with van der Waals surface area (Å²) in [6.07, 6.45) is 0.562. The number of hydrogen-bond acceptors (Lipinski definition) is 4.